The Morgan fingerprint density at radius 1 is 0.920 bits per heavy atom. The summed E-state index contributed by atoms with van der Waals surface area (Å²) >= 11 is 0. The lowest BCUT2D eigenvalue weighted by molar-refractivity contribution is 0.0508. The van der Waals surface area contributed by atoms with Gasteiger partial charge in [0.1, 0.15) is 17.2 Å². The molecule has 2 aromatic carbocycles. The average Bonchev–Trinajstić information content (AvgIpc) is 2.62. The van der Waals surface area contributed by atoms with Crippen molar-refractivity contribution in [3.8, 4) is 17.2 Å². The van der Waals surface area contributed by atoms with Crippen molar-refractivity contribution in [2.75, 3.05) is 13.9 Å². The molecule has 0 atom stereocenters. The maximum absolute atomic E-state index is 9.98. The maximum Gasteiger partial charge on any atom is 0.188 e. The van der Waals surface area contributed by atoms with Gasteiger partial charge in [0.2, 0.25) is 0 Å². The van der Waals surface area contributed by atoms with E-state index < -0.39 is 0 Å². The number of allylic oxidation sites excluding steroid dienone is 2. The topological polar surface area (TPSA) is 58.9 Å². The minimum atomic E-state index is 0.145. The van der Waals surface area contributed by atoms with Crippen molar-refractivity contribution in [3.63, 3.8) is 0 Å². The Kier molecular flexibility index (Phi) is 7.60. The maximum atomic E-state index is 9.98. The molecule has 0 bridgehead atoms. The van der Waals surface area contributed by atoms with Gasteiger partial charge in [0, 0.05) is 7.11 Å². The summed E-state index contributed by atoms with van der Waals surface area (Å²) in [6.07, 6.45) is 10.9. The Morgan fingerprint density at radius 3 is 2.36 bits per heavy atom. The van der Waals surface area contributed by atoms with Gasteiger partial charge in [-0.05, 0) is 49.1 Å². The minimum absolute atomic E-state index is 0.145. The van der Waals surface area contributed by atoms with Gasteiger partial charge in [-0.25, -0.2) is 0 Å². The van der Waals surface area contributed by atoms with Crippen LogP contribution < -0.4 is 4.74 Å². The zero-order valence-corrected chi connectivity index (χ0v) is 14.4. The number of unbranched alkanes of at least 4 members (excludes halogenated alkanes) is 2. The summed E-state index contributed by atoms with van der Waals surface area (Å²) in [6.45, 7) is 0.145. The fourth-order valence-electron chi connectivity index (χ4n) is 2.31. The summed E-state index contributed by atoms with van der Waals surface area (Å²) in [6, 6.07) is 12.3. The van der Waals surface area contributed by atoms with Gasteiger partial charge in [-0.2, -0.15) is 0 Å². The van der Waals surface area contributed by atoms with E-state index in [4.69, 9.17) is 9.47 Å². The minimum Gasteiger partial charge on any atom is -0.508 e. The highest BCUT2D eigenvalue weighted by atomic mass is 16.7. The first kappa shape index (κ1) is 18.6. The molecule has 0 saturated carbocycles. The van der Waals surface area contributed by atoms with Crippen LogP contribution in [0.4, 0.5) is 0 Å². The van der Waals surface area contributed by atoms with Gasteiger partial charge in [0.15, 0.2) is 6.79 Å². The highest BCUT2D eigenvalue weighted by Gasteiger charge is 2.05. The van der Waals surface area contributed by atoms with Crippen LogP contribution in [-0.4, -0.2) is 24.1 Å². The normalized spacial score (nSPS) is 11.4. The quantitative estimate of drug-likeness (QED) is 0.499. The molecule has 0 aliphatic heterocycles. The van der Waals surface area contributed by atoms with E-state index in [0.717, 1.165) is 24.8 Å². The first-order chi connectivity index (χ1) is 12.2. The Morgan fingerprint density at radius 2 is 1.64 bits per heavy atom. The van der Waals surface area contributed by atoms with Crippen molar-refractivity contribution in [2.24, 2.45) is 0 Å². The highest BCUT2D eigenvalue weighted by Crippen LogP contribution is 2.29. The number of hydrogen-bond acceptors (Lipinski definition) is 4. The molecule has 2 aromatic rings. The number of hydrogen-bond donors (Lipinski definition) is 2. The zero-order chi connectivity index (χ0) is 17.9. The second-order valence-electron chi connectivity index (χ2n) is 5.57. The first-order valence-corrected chi connectivity index (χ1v) is 8.26. The van der Waals surface area contributed by atoms with Crippen LogP contribution in [0, 0.1) is 0 Å². The van der Waals surface area contributed by atoms with E-state index in [1.807, 2.05) is 30.4 Å². The van der Waals surface area contributed by atoms with Crippen LogP contribution in [0.3, 0.4) is 0 Å². The monoisotopic (exact) mass is 340 g/mol. The van der Waals surface area contributed by atoms with Gasteiger partial charge in [0.05, 0.1) is 5.56 Å². The van der Waals surface area contributed by atoms with Crippen LogP contribution in [0.1, 0.15) is 30.4 Å². The third-order valence-electron chi connectivity index (χ3n) is 3.60. The molecule has 0 amide bonds. The Bertz CT molecular complexity index is 702. The van der Waals surface area contributed by atoms with Crippen LogP contribution in [0.5, 0.6) is 17.2 Å². The summed E-state index contributed by atoms with van der Waals surface area (Å²) in [5.41, 5.74) is 1.74. The summed E-state index contributed by atoms with van der Waals surface area (Å²) in [7, 11) is 1.56. The van der Waals surface area contributed by atoms with E-state index in [-0.39, 0.29) is 18.3 Å². The van der Waals surface area contributed by atoms with Crippen LogP contribution in [0.2, 0.25) is 0 Å². The molecule has 132 valence electrons. The van der Waals surface area contributed by atoms with E-state index in [0.29, 0.717) is 11.3 Å². The van der Waals surface area contributed by atoms with E-state index in [2.05, 4.69) is 6.08 Å². The van der Waals surface area contributed by atoms with E-state index in [1.54, 1.807) is 37.4 Å². The SMILES string of the molecule is COCOc1cccc(O)c1/C=C/CCC/C=C/c1ccc(O)cc1. The van der Waals surface area contributed by atoms with Gasteiger partial charge in [0.25, 0.3) is 0 Å². The van der Waals surface area contributed by atoms with E-state index in [9.17, 15) is 10.2 Å². The van der Waals surface area contributed by atoms with Crippen molar-refractivity contribution in [2.45, 2.75) is 19.3 Å². The fraction of sp³-hybridized carbons (Fsp3) is 0.238. The van der Waals surface area contributed by atoms with Gasteiger partial charge in [-0.15, -0.1) is 0 Å². The van der Waals surface area contributed by atoms with Crippen LogP contribution >= 0.6 is 0 Å². The van der Waals surface area contributed by atoms with Gasteiger partial charge < -0.3 is 19.7 Å². The molecule has 0 saturated heterocycles. The van der Waals surface area contributed by atoms with Crippen LogP contribution in [-0.2, 0) is 4.74 Å². The molecule has 25 heavy (non-hydrogen) atoms. The molecule has 0 heterocycles. The van der Waals surface area contributed by atoms with Gasteiger partial charge in [-0.1, -0.05) is 42.5 Å². The molecule has 2 rings (SSSR count). The summed E-state index contributed by atoms with van der Waals surface area (Å²) in [5, 5.41) is 19.2. The molecule has 2 N–H and O–H groups in total. The number of ether oxygens (including phenoxy) is 2. The molecule has 0 radical (unpaired) electrons. The molecule has 0 fully saturated rings. The van der Waals surface area contributed by atoms with Crippen molar-refractivity contribution in [1.29, 1.82) is 0 Å². The first-order valence-electron chi connectivity index (χ1n) is 8.26. The Balaban J connectivity index is 1.80. The predicted octanol–water partition coefficient (Wildman–Crippen LogP) is 4.98. The third-order valence-corrected chi connectivity index (χ3v) is 3.60. The number of phenols is 2. The van der Waals surface area contributed by atoms with Crippen molar-refractivity contribution in [1.82, 2.24) is 0 Å². The van der Waals surface area contributed by atoms with Crippen LogP contribution in [0.25, 0.3) is 12.2 Å². The van der Waals surface area contributed by atoms with Crippen molar-refractivity contribution >= 4 is 12.2 Å². The Labute approximate surface area is 148 Å². The molecule has 4 heteroatoms. The van der Waals surface area contributed by atoms with Crippen LogP contribution in [0.15, 0.2) is 54.6 Å². The third kappa shape index (κ3) is 6.36. The smallest absolute Gasteiger partial charge is 0.188 e. The number of methoxy groups -OCH3 is 1. The molecule has 0 aliphatic carbocycles. The highest BCUT2D eigenvalue weighted by molar-refractivity contribution is 5.63. The molecular formula is C21H24O4. The van der Waals surface area contributed by atoms with Crippen molar-refractivity contribution in [3.05, 3.63) is 65.7 Å². The Hall–Kier alpha value is -2.72. The summed E-state index contributed by atoms with van der Waals surface area (Å²) < 4.78 is 10.4. The molecule has 0 spiro atoms. The standard InChI is InChI=1S/C21H24O4/c1-24-16-25-21-11-7-10-20(23)19(21)9-6-4-2-3-5-8-17-12-14-18(22)15-13-17/h5-15,22-23H,2-4,16H2,1H3/b8-5+,9-6+. The summed E-state index contributed by atoms with van der Waals surface area (Å²) in [5.74, 6) is 1.07. The lowest BCUT2D eigenvalue weighted by Crippen LogP contribution is -2.00. The molecule has 4 nitrogen and oxygen atoms in total. The van der Waals surface area contributed by atoms with Gasteiger partial charge >= 0.3 is 0 Å². The lowest BCUT2D eigenvalue weighted by Gasteiger charge is -2.09. The second-order valence-corrected chi connectivity index (χ2v) is 5.57. The van der Waals surface area contributed by atoms with Crippen molar-refractivity contribution < 1.29 is 19.7 Å². The zero-order valence-electron chi connectivity index (χ0n) is 14.4. The number of phenolic OH excluding ortho intramolecular Hbond substituents is 2. The number of aromatic hydroxyl groups is 2. The van der Waals surface area contributed by atoms with E-state index >= 15 is 0 Å². The predicted molar refractivity (Wildman–Crippen MR) is 101 cm³/mol. The fourth-order valence-corrected chi connectivity index (χ4v) is 2.31. The van der Waals surface area contributed by atoms with E-state index in [1.165, 1.54) is 0 Å². The molecule has 0 aromatic heterocycles. The van der Waals surface area contributed by atoms with Gasteiger partial charge in [-0.3, -0.25) is 0 Å². The lowest BCUT2D eigenvalue weighted by atomic mass is 10.1. The molecule has 0 aliphatic rings. The summed E-state index contributed by atoms with van der Waals surface area (Å²) in [4.78, 5) is 0. The number of benzene rings is 2. The molecular weight excluding hydrogens is 316 g/mol. The largest absolute Gasteiger partial charge is 0.508 e. The second kappa shape index (κ2) is 10.2. The average molecular weight is 340 g/mol. The number of rotatable bonds is 9. The molecule has 0 unspecified atom stereocenters.